The van der Waals surface area contributed by atoms with Gasteiger partial charge in [0.15, 0.2) is 5.82 Å². The fourth-order valence-electron chi connectivity index (χ4n) is 4.90. The Kier molecular flexibility index (Phi) is 8.38. The number of carbonyl (C=O) groups is 1. The van der Waals surface area contributed by atoms with Crippen molar-refractivity contribution in [2.24, 2.45) is 5.92 Å². The van der Waals surface area contributed by atoms with E-state index in [2.05, 4.69) is 9.80 Å². The van der Waals surface area contributed by atoms with Gasteiger partial charge in [-0.15, -0.1) is 0 Å². The summed E-state index contributed by atoms with van der Waals surface area (Å²) in [4.78, 5) is 29.0. The normalized spacial score (nSPS) is 19.2. The van der Waals surface area contributed by atoms with Gasteiger partial charge in [-0.1, -0.05) is 43.5 Å². The number of likely N-dealkylation sites (N-methyl/N-ethyl adjacent to an activating group) is 1. The van der Waals surface area contributed by atoms with Crippen molar-refractivity contribution in [2.45, 2.75) is 52.5 Å². The summed E-state index contributed by atoms with van der Waals surface area (Å²) in [6, 6.07) is 3.63. The lowest BCUT2D eigenvalue weighted by Crippen LogP contribution is -2.43. The second-order valence-electron chi connectivity index (χ2n) is 9.53. The molecule has 0 bridgehead atoms. The quantitative estimate of drug-likeness (QED) is 0.507. The molecule has 1 amide bonds. The molecule has 2 aliphatic rings. The molecule has 34 heavy (non-hydrogen) atoms. The van der Waals surface area contributed by atoms with Crippen LogP contribution in [0.5, 0.6) is 5.88 Å². The largest absolute Gasteiger partial charge is 0.474 e. The zero-order valence-electron chi connectivity index (χ0n) is 20.4. The molecule has 0 aliphatic carbocycles. The highest BCUT2D eigenvalue weighted by molar-refractivity contribution is 6.42. The van der Waals surface area contributed by atoms with Crippen molar-refractivity contribution in [2.75, 3.05) is 50.8 Å². The molecule has 0 spiro atoms. The minimum Gasteiger partial charge on any atom is -0.474 e. The smallest absolute Gasteiger partial charge is 0.258 e. The number of anilines is 1. The van der Waals surface area contributed by atoms with Crippen molar-refractivity contribution < 1.29 is 9.53 Å². The Morgan fingerprint density at radius 3 is 2.44 bits per heavy atom. The number of benzene rings is 1. The van der Waals surface area contributed by atoms with Gasteiger partial charge in [0.1, 0.15) is 6.61 Å². The van der Waals surface area contributed by atoms with Crippen molar-refractivity contribution in [3.8, 4) is 5.88 Å². The average molecular weight is 508 g/mol. The lowest BCUT2D eigenvalue weighted by molar-refractivity contribution is -0.136. The van der Waals surface area contributed by atoms with E-state index >= 15 is 0 Å². The van der Waals surface area contributed by atoms with Gasteiger partial charge in [-0.05, 0) is 51.4 Å². The maximum absolute atomic E-state index is 12.7. The number of halogens is 2. The first-order valence-electron chi connectivity index (χ1n) is 12.4. The fraction of sp³-hybridized carbons (Fsp3) is 0.640. The van der Waals surface area contributed by atoms with E-state index in [0.29, 0.717) is 52.5 Å². The maximum Gasteiger partial charge on any atom is 0.258 e. The zero-order valence-corrected chi connectivity index (χ0v) is 21.9. The van der Waals surface area contributed by atoms with Crippen LogP contribution in [0.4, 0.5) is 5.82 Å². The summed E-state index contributed by atoms with van der Waals surface area (Å²) in [6.07, 6.45) is 4.70. The molecule has 2 fully saturated rings. The maximum atomic E-state index is 12.7. The Labute approximate surface area is 212 Å². The number of carbonyl (C=O) groups excluding carboxylic acids is 1. The molecule has 4 rings (SSSR count). The van der Waals surface area contributed by atoms with Gasteiger partial charge in [-0.3, -0.25) is 9.69 Å². The first kappa shape index (κ1) is 25.3. The number of nitrogens with zero attached hydrogens (tertiary/aromatic N) is 5. The molecule has 2 saturated heterocycles. The van der Waals surface area contributed by atoms with Gasteiger partial charge in [-0.25, -0.2) is 9.97 Å². The third-order valence-corrected chi connectivity index (χ3v) is 7.50. The first-order valence-corrected chi connectivity index (χ1v) is 13.2. The van der Waals surface area contributed by atoms with Gasteiger partial charge in [-0.2, -0.15) is 0 Å². The van der Waals surface area contributed by atoms with Gasteiger partial charge in [0.25, 0.3) is 5.88 Å². The highest BCUT2D eigenvalue weighted by Gasteiger charge is 2.33. The van der Waals surface area contributed by atoms with E-state index < -0.39 is 0 Å². The molecule has 0 saturated carbocycles. The van der Waals surface area contributed by atoms with Crippen LogP contribution in [-0.4, -0.2) is 77.6 Å². The summed E-state index contributed by atoms with van der Waals surface area (Å²) < 4.78 is 6.22. The molecule has 1 atom stereocenters. The number of hydrogen-bond acceptors (Lipinski definition) is 6. The van der Waals surface area contributed by atoms with Gasteiger partial charge in [0.2, 0.25) is 5.91 Å². The summed E-state index contributed by atoms with van der Waals surface area (Å²) in [5, 5.41) is 0.898. The van der Waals surface area contributed by atoms with Crippen molar-refractivity contribution >= 4 is 46.0 Å². The van der Waals surface area contributed by atoms with Crippen LogP contribution < -0.4 is 9.64 Å². The summed E-state index contributed by atoms with van der Waals surface area (Å²) in [5.74, 6) is 1.40. The van der Waals surface area contributed by atoms with Crippen LogP contribution >= 0.6 is 23.2 Å². The Hall–Kier alpha value is -1.83. The highest BCUT2D eigenvalue weighted by atomic mass is 35.5. The molecule has 0 unspecified atom stereocenters. The topological polar surface area (TPSA) is 61.8 Å². The second-order valence-corrected chi connectivity index (χ2v) is 10.3. The molecular formula is C25H35Cl2N5O2. The zero-order chi connectivity index (χ0) is 24.2. The Balaban J connectivity index is 1.57. The predicted octanol–water partition coefficient (Wildman–Crippen LogP) is 4.88. The van der Waals surface area contributed by atoms with Crippen LogP contribution in [0.3, 0.4) is 0 Å². The molecule has 186 valence electrons. The van der Waals surface area contributed by atoms with Crippen molar-refractivity contribution in [1.82, 2.24) is 19.8 Å². The minimum atomic E-state index is -0.0185. The van der Waals surface area contributed by atoms with E-state index in [1.54, 1.807) is 12.1 Å². The van der Waals surface area contributed by atoms with E-state index in [0.717, 1.165) is 32.6 Å². The number of hydrogen-bond donors (Lipinski definition) is 0. The van der Waals surface area contributed by atoms with E-state index in [9.17, 15) is 4.79 Å². The Bertz CT molecular complexity index is 1010. The third kappa shape index (κ3) is 5.69. The number of rotatable bonds is 8. The molecule has 3 heterocycles. The monoisotopic (exact) mass is 507 g/mol. The van der Waals surface area contributed by atoms with E-state index in [4.69, 9.17) is 37.9 Å². The number of piperidine rings is 1. The SMILES string of the molecule is CCN(C(=O)C(C)C)[C@H]1CCN(c2nc3cc(Cl)c(Cl)cc3nc2OCCN2CCCCC2)C1. The van der Waals surface area contributed by atoms with Crippen LogP contribution in [0.15, 0.2) is 12.1 Å². The summed E-state index contributed by atoms with van der Waals surface area (Å²) in [7, 11) is 0. The molecule has 7 nitrogen and oxygen atoms in total. The summed E-state index contributed by atoms with van der Waals surface area (Å²) in [6.45, 7) is 11.8. The average Bonchev–Trinajstić information content (AvgIpc) is 3.30. The van der Waals surface area contributed by atoms with Gasteiger partial charge in [0, 0.05) is 32.1 Å². The van der Waals surface area contributed by atoms with Crippen molar-refractivity contribution in [1.29, 1.82) is 0 Å². The standard InChI is InChI=1S/C25H35Cl2N5O2/c1-4-32(25(33)17(2)3)18-8-11-31(16-18)23-24(34-13-12-30-9-6-5-7-10-30)29-22-15-20(27)19(26)14-21(22)28-23/h14-15,17-18H,4-13,16H2,1-3H3/t18-/m0/s1. The molecule has 2 aromatic rings. The van der Waals surface area contributed by atoms with Gasteiger partial charge >= 0.3 is 0 Å². The number of amides is 1. The van der Waals surface area contributed by atoms with E-state index in [1.807, 2.05) is 25.7 Å². The lowest BCUT2D eigenvalue weighted by atomic mass is 10.1. The number of aromatic nitrogens is 2. The Morgan fingerprint density at radius 2 is 1.79 bits per heavy atom. The molecular weight excluding hydrogens is 473 g/mol. The molecule has 0 radical (unpaired) electrons. The van der Waals surface area contributed by atoms with Crippen LogP contribution in [0.1, 0.15) is 46.5 Å². The fourth-order valence-corrected chi connectivity index (χ4v) is 5.21. The van der Waals surface area contributed by atoms with E-state index in [-0.39, 0.29) is 17.9 Å². The van der Waals surface area contributed by atoms with Crippen LogP contribution in [0.2, 0.25) is 10.0 Å². The van der Waals surface area contributed by atoms with Crippen molar-refractivity contribution in [3.63, 3.8) is 0 Å². The number of fused-ring (bicyclic) bond motifs is 1. The molecule has 1 aromatic heterocycles. The van der Waals surface area contributed by atoms with Crippen LogP contribution in [0.25, 0.3) is 11.0 Å². The van der Waals surface area contributed by atoms with Gasteiger partial charge < -0.3 is 14.5 Å². The summed E-state index contributed by atoms with van der Waals surface area (Å²) >= 11 is 12.5. The number of likely N-dealkylation sites (tertiary alicyclic amines) is 1. The van der Waals surface area contributed by atoms with E-state index in [1.165, 1.54) is 19.3 Å². The minimum absolute atomic E-state index is 0.0185. The van der Waals surface area contributed by atoms with Gasteiger partial charge in [0.05, 0.1) is 27.1 Å². The van der Waals surface area contributed by atoms with Crippen LogP contribution in [0, 0.1) is 5.92 Å². The molecule has 9 heteroatoms. The highest BCUT2D eigenvalue weighted by Crippen LogP contribution is 2.34. The lowest BCUT2D eigenvalue weighted by Gasteiger charge is -2.30. The molecule has 0 N–H and O–H groups in total. The number of ether oxygens (including phenoxy) is 1. The summed E-state index contributed by atoms with van der Waals surface area (Å²) in [5.41, 5.74) is 1.34. The third-order valence-electron chi connectivity index (χ3n) is 6.77. The second kappa shape index (κ2) is 11.3. The van der Waals surface area contributed by atoms with Crippen LogP contribution in [-0.2, 0) is 4.79 Å². The Morgan fingerprint density at radius 1 is 1.12 bits per heavy atom. The molecule has 2 aliphatic heterocycles. The van der Waals surface area contributed by atoms with Crippen molar-refractivity contribution in [3.05, 3.63) is 22.2 Å². The first-order chi connectivity index (χ1) is 16.4. The molecule has 1 aromatic carbocycles. The predicted molar refractivity (Wildman–Crippen MR) is 138 cm³/mol.